The molecule has 0 heterocycles. The minimum Gasteiger partial charge on any atom is -0.480 e. The van der Waals surface area contributed by atoms with Gasteiger partial charge in [-0.2, -0.15) is 0 Å². The van der Waals surface area contributed by atoms with Crippen LogP contribution in [0.4, 0.5) is 5.69 Å². The van der Waals surface area contributed by atoms with Crippen molar-refractivity contribution in [3.63, 3.8) is 0 Å². The van der Waals surface area contributed by atoms with Crippen LogP contribution in [-0.2, 0) is 4.79 Å². The van der Waals surface area contributed by atoms with Gasteiger partial charge in [-0.05, 0) is 32.9 Å². The summed E-state index contributed by atoms with van der Waals surface area (Å²) < 4.78 is 0. The largest absolute Gasteiger partial charge is 0.480 e. The number of aryl methyl sites for hydroxylation is 1. The number of rotatable bonds is 5. The molecule has 0 atom stereocenters. The fraction of sp³-hybridized carbons (Fsp3) is 0.357. The first-order valence-electron chi connectivity index (χ1n) is 5.66. The number of allylic oxidation sites excluding steroid dienone is 1. The summed E-state index contributed by atoms with van der Waals surface area (Å²) in [6.07, 6.45) is 2.03. The van der Waals surface area contributed by atoms with Gasteiger partial charge >= 0.3 is 5.97 Å². The van der Waals surface area contributed by atoms with E-state index >= 15 is 0 Å². The highest BCUT2D eigenvalue weighted by atomic mass is 16.4. The van der Waals surface area contributed by atoms with Crippen molar-refractivity contribution in [3.05, 3.63) is 41.5 Å². The summed E-state index contributed by atoms with van der Waals surface area (Å²) in [6.45, 7) is 6.67. The van der Waals surface area contributed by atoms with Crippen molar-refractivity contribution in [1.82, 2.24) is 0 Å². The van der Waals surface area contributed by atoms with Crippen LogP contribution in [0.2, 0.25) is 0 Å². The molecule has 0 aliphatic heterocycles. The maximum absolute atomic E-state index is 10.8. The Labute approximate surface area is 102 Å². The molecule has 0 radical (unpaired) electrons. The summed E-state index contributed by atoms with van der Waals surface area (Å²) in [4.78, 5) is 12.7. The summed E-state index contributed by atoms with van der Waals surface area (Å²) in [7, 11) is 0. The van der Waals surface area contributed by atoms with E-state index in [0.29, 0.717) is 6.54 Å². The third-order valence-electron chi connectivity index (χ3n) is 2.45. The van der Waals surface area contributed by atoms with Crippen LogP contribution in [-0.4, -0.2) is 24.2 Å². The van der Waals surface area contributed by atoms with E-state index in [-0.39, 0.29) is 6.54 Å². The molecule has 1 aromatic rings. The van der Waals surface area contributed by atoms with E-state index in [9.17, 15) is 4.79 Å². The van der Waals surface area contributed by atoms with E-state index in [1.165, 1.54) is 11.1 Å². The second-order valence-corrected chi connectivity index (χ2v) is 4.39. The number of benzene rings is 1. The first-order chi connectivity index (χ1) is 7.99. The quantitative estimate of drug-likeness (QED) is 0.795. The molecule has 1 N–H and O–H groups in total. The van der Waals surface area contributed by atoms with Gasteiger partial charge in [0, 0.05) is 12.2 Å². The zero-order chi connectivity index (χ0) is 12.8. The molecule has 0 fully saturated rings. The minimum atomic E-state index is -0.812. The molecule has 0 aliphatic rings. The van der Waals surface area contributed by atoms with Gasteiger partial charge in [0.25, 0.3) is 0 Å². The summed E-state index contributed by atoms with van der Waals surface area (Å²) in [6, 6.07) is 7.90. The molecule has 0 aromatic heterocycles. The third kappa shape index (κ3) is 4.72. The molecule has 0 bridgehead atoms. The van der Waals surface area contributed by atoms with Gasteiger partial charge < -0.3 is 10.0 Å². The molecule has 0 amide bonds. The Balaban J connectivity index is 2.85. The number of nitrogens with zero attached hydrogens (tertiary/aromatic N) is 1. The number of hydrogen-bond donors (Lipinski definition) is 1. The number of carboxylic acid groups (broad SMARTS) is 1. The van der Waals surface area contributed by atoms with Gasteiger partial charge in [-0.3, -0.25) is 4.79 Å². The lowest BCUT2D eigenvalue weighted by molar-refractivity contribution is -0.135. The van der Waals surface area contributed by atoms with Crippen molar-refractivity contribution in [1.29, 1.82) is 0 Å². The van der Waals surface area contributed by atoms with Crippen molar-refractivity contribution in [2.75, 3.05) is 18.0 Å². The average molecular weight is 233 g/mol. The number of carboxylic acids is 1. The molecule has 0 saturated carbocycles. The second-order valence-electron chi connectivity index (χ2n) is 4.39. The Kier molecular flexibility index (Phi) is 4.76. The van der Waals surface area contributed by atoms with Gasteiger partial charge in [-0.1, -0.05) is 29.3 Å². The first kappa shape index (κ1) is 13.3. The zero-order valence-corrected chi connectivity index (χ0v) is 10.6. The number of anilines is 1. The van der Waals surface area contributed by atoms with Gasteiger partial charge in [0.2, 0.25) is 0 Å². The summed E-state index contributed by atoms with van der Waals surface area (Å²) >= 11 is 0. The van der Waals surface area contributed by atoms with E-state index in [1.54, 1.807) is 0 Å². The molecule has 0 saturated heterocycles. The highest BCUT2D eigenvalue weighted by molar-refractivity contribution is 5.73. The average Bonchev–Trinajstić information content (AvgIpc) is 2.25. The molecular formula is C14H19NO2. The lowest BCUT2D eigenvalue weighted by Crippen LogP contribution is -2.29. The molecule has 1 aromatic carbocycles. The molecule has 0 spiro atoms. The molecule has 0 aliphatic carbocycles. The van der Waals surface area contributed by atoms with E-state index in [0.717, 1.165) is 5.69 Å². The van der Waals surface area contributed by atoms with Crippen molar-refractivity contribution >= 4 is 11.7 Å². The van der Waals surface area contributed by atoms with Crippen molar-refractivity contribution in [3.8, 4) is 0 Å². The molecule has 3 nitrogen and oxygen atoms in total. The molecular weight excluding hydrogens is 214 g/mol. The van der Waals surface area contributed by atoms with Gasteiger partial charge in [0.1, 0.15) is 6.54 Å². The fourth-order valence-electron chi connectivity index (χ4n) is 1.47. The Morgan fingerprint density at radius 1 is 1.29 bits per heavy atom. The number of aliphatic carboxylic acids is 1. The molecule has 92 valence electrons. The van der Waals surface area contributed by atoms with Gasteiger partial charge in [0.15, 0.2) is 0 Å². The van der Waals surface area contributed by atoms with E-state index in [1.807, 2.05) is 56.0 Å². The molecule has 3 heteroatoms. The summed E-state index contributed by atoms with van der Waals surface area (Å²) in [5.41, 5.74) is 3.30. The van der Waals surface area contributed by atoms with Crippen LogP contribution in [0.1, 0.15) is 19.4 Å². The number of hydrogen-bond acceptors (Lipinski definition) is 2. The van der Waals surface area contributed by atoms with Crippen molar-refractivity contribution in [2.45, 2.75) is 20.8 Å². The third-order valence-corrected chi connectivity index (χ3v) is 2.45. The van der Waals surface area contributed by atoms with Crippen molar-refractivity contribution < 1.29 is 9.90 Å². The van der Waals surface area contributed by atoms with Crippen LogP contribution < -0.4 is 4.90 Å². The highest BCUT2D eigenvalue weighted by Gasteiger charge is 2.08. The second kappa shape index (κ2) is 6.09. The van der Waals surface area contributed by atoms with Crippen LogP contribution >= 0.6 is 0 Å². The normalized spacial score (nSPS) is 9.82. The smallest absolute Gasteiger partial charge is 0.323 e. The molecule has 0 unspecified atom stereocenters. The van der Waals surface area contributed by atoms with Crippen molar-refractivity contribution in [2.24, 2.45) is 0 Å². The predicted molar refractivity (Wildman–Crippen MR) is 70.5 cm³/mol. The lowest BCUT2D eigenvalue weighted by atomic mass is 10.2. The Bertz CT molecular complexity index is 403. The van der Waals surface area contributed by atoms with Gasteiger partial charge in [-0.25, -0.2) is 0 Å². The summed E-state index contributed by atoms with van der Waals surface area (Å²) in [5.74, 6) is -0.812. The molecule has 17 heavy (non-hydrogen) atoms. The van der Waals surface area contributed by atoms with Crippen LogP contribution in [0.3, 0.4) is 0 Å². The lowest BCUT2D eigenvalue weighted by Gasteiger charge is -2.21. The minimum absolute atomic E-state index is 0.0207. The maximum atomic E-state index is 10.8. The van der Waals surface area contributed by atoms with E-state index in [4.69, 9.17) is 5.11 Å². The monoisotopic (exact) mass is 233 g/mol. The predicted octanol–water partition coefficient (Wildman–Crippen LogP) is 2.85. The maximum Gasteiger partial charge on any atom is 0.323 e. The van der Waals surface area contributed by atoms with Crippen LogP contribution in [0.15, 0.2) is 35.9 Å². The topological polar surface area (TPSA) is 40.5 Å². The molecule has 1 rings (SSSR count). The van der Waals surface area contributed by atoms with Gasteiger partial charge in [0.05, 0.1) is 0 Å². The van der Waals surface area contributed by atoms with E-state index < -0.39 is 5.97 Å². The Hall–Kier alpha value is -1.77. The van der Waals surface area contributed by atoms with Crippen LogP contribution in [0.25, 0.3) is 0 Å². The Morgan fingerprint density at radius 3 is 2.35 bits per heavy atom. The SMILES string of the molecule is CC(C)=CCN(CC(=O)O)c1ccc(C)cc1. The van der Waals surface area contributed by atoms with Crippen LogP contribution in [0.5, 0.6) is 0 Å². The van der Waals surface area contributed by atoms with Crippen LogP contribution in [0, 0.1) is 6.92 Å². The summed E-state index contributed by atoms with van der Waals surface area (Å²) in [5, 5.41) is 8.90. The van der Waals surface area contributed by atoms with Gasteiger partial charge in [-0.15, -0.1) is 0 Å². The van der Waals surface area contributed by atoms with E-state index in [2.05, 4.69) is 0 Å². The Morgan fingerprint density at radius 2 is 1.88 bits per heavy atom. The highest BCUT2D eigenvalue weighted by Crippen LogP contribution is 2.15. The first-order valence-corrected chi connectivity index (χ1v) is 5.66. The standard InChI is InChI=1S/C14H19NO2/c1-11(2)8-9-15(10-14(16)17)13-6-4-12(3)5-7-13/h4-8H,9-10H2,1-3H3,(H,16,17). The number of carbonyl (C=O) groups is 1. The zero-order valence-electron chi connectivity index (χ0n) is 10.6. The fourth-order valence-corrected chi connectivity index (χ4v) is 1.47.